The maximum absolute atomic E-state index is 12.3. The molecule has 1 saturated carbocycles. The number of carboxylic acids is 1. The van der Waals surface area contributed by atoms with Gasteiger partial charge in [0.2, 0.25) is 5.91 Å². The molecule has 17 heavy (non-hydrogen) atoms. The lowest BCUT2D eigenvalue weighted by atomic mass is 9.78. The van der Waals surface area contributed by atoms with Crippen molar-refractivity contribution in [3.05, 3.63) is 0 Å². The molecule has 0 aromatic carbocycles. The zero-order chi connectivity index (χ0) is 12.4. The number of nitrogens with two attached hydrogens (primary N) is 1. The van der Waals surface area contributed by atoms with Crippen LogP contribution < -0.4 is 5.73 Å². The Morgan fingerprint density at radius 2 is 1.76 bits per heavy atom. The fraction of sp³-hybridized carbons (Fsp3) is 0.833. The number of hydrogen-bond donors (Lipinski definition) is 2. The van der Waals surface area contributed by atoms with Crippen molar-refractivity contribution in [1.29, 1.82) is 0 Å². The first kappa shape index (κ1) is 12.4. The number of hydrogen-bond acceptors (Lipinski definition) is 3. The third-order valence-corrected chi connectivity index (χ3v) is 3.94. The van der Waals surface area contributed by atoms with Crippen molar-refractivity contribution in [3.8, 4) is 0 Å². The van der Waals surface area contributed by atoms with Crippen LogP contribution in [0.4, 0.5) is 0 Å². The second-order valence-electron chi connectivity index (χ2n) is 5.17. The van der Waals surface area contributed by atoms with E-state index < -0.39 is 11.9 Å². The first-order valence-electron chi connectivity index (χ1n) is 6.36. The van der Waals surface area contributed by atoms with Crippen molar-refractivity contribution in [2.45, 2.75) is 38.1 Å². The van der Waals surface area contributed by atoms with E-state index in [4.69, 9.17) is 10.8 Å². The van der Waals surface area contributed by atoms with Gasteiger partial charge >= 0.3 is 5.97 Å². The Balaban J connectivity index is 2.03. The zero-order valence-electron chi connectivity index (χ0n) is 9.97. The van der Waals surface area contributed by atoms with E-state index in [-0.39, 0.29) is 17.9 Å². The molecule has 2 fully saturated rings. The summed E-state index contributed by atoms with van der Waals surface area (Å²) in [6.45, 7) is 1.27. The quantitative estimate of drug-likeness (QED) is 0.733. The Morgan fingerprint density at radius 1 is 1.12 bits per heavy atom. The lowest BCUT2D eigenvalue weighted by molar-refractivity contribution is -0.151. The van der Waals surface area contributed by atoms with E-state index >= 15 is 0 Å². The predicted octanol–water partition coefficient (Wildman–Crippen LogP) is 0.437. The van der Waals surface area contributed by atoms with Gasteiger partial charge in [0.05, 0.1) is 11.8 Å². The largest absolute Gasteiger partial charge is 0.481 e. The van der Waals surface area contributed by atoms with Crippen LogP contribution in [0, 0.1) is 11.8 Å². The summed E-state index contributed by atoms with van der Waals surface area (Å²) in [6, 6.07) is 0.0609. The van der Waals surface area contributed by atoms with E-state index in [0.29, 0.717) is 25.9 Å². The van der Waals surface area contributed by atoms with Crippen LogP contribution in [0.2, 0.25) is 0 Å². The Bertz CT molecular complexity index is 319. The number of carbonyl (C=O) groups is 2. The molecule has 1 amide bonds. The molecule has 0 aromatic heterocycles. The number of nitrogens with zero attached hydrogens (tertiary/aromatic N) is 1. The summed E-state index contributed by atoms with van der Waals surface area (Å²) in [5, 5.41) is 9.16. The van der Waals surface area contributed by atoms with Gasteiger partial charge in [-0.15, -0.1) is 0 Å². The molecule has 2 rings (SSSR count). The Labute approximate surface area is 101 Å². The fourth-order valence-electron chi connectivity index (χ4n) is 2.94. The SMILES string of the molecule is NC1CCN(C(=O)C2CCCCC2C(=O)O)C1. The van der Waals surface area contributed by atoms with Crippen LogP contribution in [0.1, 0.15) is 32.1 Å². The highest BCUT2D eigenvalue weighted by molar-refractivity contribution is 5.85. The molecule has 0 bridgehead atoms. The van der Waals surface area contributed by atoms with Crippen LogP contribution in [0.25, 0.3) is 0 Å². The van der Waals surface area contributed by atoms with Crippen molar-refractivity contribution in [3.63, 3.8) is 0 Å². The Kier molecular flexibility index (Phi) is 3.66. The molecule has 1 aliphatic carbocycles. The second-order valence-corrected chi connectivity index (χ2v) is 5.17. The van der Waals surface area contributed by atoms with Crippen LogP contribution in [-0.4, -0.2) is 41.0 Å². The van der Waals surface area contributed by atoms with Crippen LogP contribution in [0.15, 0.2) is 0 Å². The van der Waals surface area contributed by atoms with Gasteiger partial charge in [-0.3, -0.25) is 9.59 Å². The van der Waals surface area contributed by atoms with Crippen LogP contribution in [-0.2, 0) is 9.59 Å². The van der Waals surface area contributed by atoms with Gasteiger partial charge in [0.15, 0.2) is 0 Å². The minimum absolute atomic E-state index is 0.00468. The molecule has 1 saturated heterocycles. The molecule has 0 aromatic rings. The first-order chi connectivity index (χ1) is 8.09. The summed E-state index contributed by atoms with van der Waals surface area (Å²) in [7, 11) is 0. The van der Waals surface area contributed by atoms with Gasteiger partial charge in [-0.25, -0.2) is 0 Å². The maximum Gasteiger partial charge on any atom is 0.307 e. The number of rotatable bonds is 2. The average molecular weight is 240 g/mol. The number of likely N-dealkylation sites (tertiary alicyclic amines) is 1. The molecule has 0 radical (unpaired) electrons. The molecule has 2 aliphatic rings. The monoisotopic (exact) mass is 240 g/mol. The van der Waals surface area contributed by atoms with Crippen molar-refractivity contribution < 1.29 is 14.7 Å². The summed E-state index contributed by atoms with van der Waals surface area (Å²) in [4.78, 5) is 25.2. The number of carboxylic acid groups (broad SMARTS) is 1. The lowest BCUT2D eigenvalue weighted by Gasteiger charge is -2.30. The summed E-state index contributed by atoms with van der Waals surface area (Å²) in [5.74, 6) is -1.64. The predicted molar refractivity (Wildman–Crippen MR) is 62.3 cm³/mol. The van der Waals surface area contributed by atoms with E-state index in [1.54, 1.807) is 4.90 Å². The highest BCUT2D eigenvalue weighted by Gasteiger charge is 2.39. The molecular weight excluding hydrogens is 220 g/mol. The Morgan fingerprint density at radius 3 is 2.29 bits per heavy atom. The average Bonchev–Trinajstić information content (AvgIpc) is 2.75. The third-order valence-electron chi connectivity index (χ3n) is 3.94. The molecule has 3 unspecified atom stereocenters. The Hall–Kier alpha value is -1.10. The van der Waals surface area contributed by atoms with Crippen molar-refractivity contribution >= 4 is 11.9 Å². The summed E-state index contributed by atoms with van der Waals surface area (Å²) < 4.78 is 0. The molecule has 96 valence electrons. The standard InChI is InChI=1S/C12H20N2O3/c13-8-5-6-14(7-8)11(15)9-3-1-2-4-10(9)12(16)17/h8-10H,1-7,13H2,(H,16,17). The van der Waals surface area contributed by atoms with Gasteiger partial charge in [-0.05, 0) is 19.3 Å². The van der Waals surface area contributed by atoms with Gasteiger partial charge in [-0.2, -0.15) is 0 Å². The van der Waals surface area contributed by atoms with E-state index in [9.17, 15) is 9.59 Å². The molecule has 1 heterocycles. The van der Waals surface area contributed by atoms with Gasteiger partial charge in [0, 0.05) is 19.1 Å². The summed E-state index contributed by atoms with van der Waals surface area (Å²) in [6.07, 6.45) is 4.05. The van der Waals surface area contributed by atoms with E-state index in [0.717, 1.165) is 19.3 Å². The van der Waals surface area contributed by atoms with E-state index in [1.165, 1.54) is 0 Å². The fourth-order valence-corrected chi connectivity index (χ4v) is 2.94. The topological polar surface area (TPSA) is 83.6 Å². The highest BCUT2D eigenvalue weighted by atomic mass is 16.4. The molecule has 3 atom stereocenters. The van der Waals surface area contributed by atoms with E-state index in [1.807, 2.05) is 0 Å². The molecule has 0 spiro atoms. The molecule has 5 heteroatoms. The van der Waals surface area contributed by atoms with Crippen molar-refractivity contribution in [2.75, 3.05) is 13.1 Å². The van der Waals surface area contributed by atoms with Crippen molar-refractivity contribution in [1.82, 2.24) is 4.90 Å². The van der Waals surface area contributed by atoms with Gasteiger partial charge in [0.25, 0.3) is 0 Å². The third kappa shape index (κ3) is 2.60. The molecule has 5 nitrogen and oxygen atoms in total. The van der Waals surface area contributed by atoms with Crippen molar-refractivity contribution in [2.24, 2.45) is 17.6 Å². The van der Waals surface area contributed by atoms with Crippen LogP contribution >= 0.6 is 0 Å². The van der Waals surface area contributed by atoms with E-state index in [2.05, 4.69) is 0 Å². The second kappa shape index (κ2) is 5.04. The molecule has 1 aliphatic heterocycles. The molecule has 3 N–H and O–H groups in total. The van der Waals surface area contributed by atoms with Gasteiger partial charge in [-0.1, -0.05) is 12.8 Å². The van der Waals surface area contributed by atoms with Crippen LogP contribution in [0.3, 0.4) is 0 Å². The summed E-state index contributed by atoms with van der Waals surface area (Å²) >= 11 is 0. The smallest absolute Gasteiger partial charge is 0.307 e. The lowest BCUT2D eigenvalue weighted by Crippen LogP contribution is -2.42. The maximum atomic E-state index is 12.3. The summed E-state index contributed by atoms with van der Waals surface area (Å²) in [5.41, 5.74) is 5.78. The minimum Gasteiger partial charge on any atom is -0.481 e. The molecular formula is C12H20N2O3. The number of carbonyl (C=O) groups excluding carboxylic acids is 1. The van der Waals surface area contributed by atoms with Crippen LogP contribution in [0.5, 0.6) is 0 Å². The first-order valence-corrected chi connectivity index (χ1v) is 6.36. The van der Waals surface area contributed by atoms with Gasteiger partial charge < -0.3 is 15.7 Å². The zero-order valence-corrected chi connectivity index (χ0v) is 9.97. The minimum atomic E-state index is -0.827. The highest BCUT2D eigenvalue weighted by Crippen LogP contribution is 2.32. The number of amides is 1. The van der Waals surface area contributed by atoms with Gasteiger partial charge in [0.1, 0.15) is 0 Å². The number of aliphatic carboxylic acids is 1. The normalized spacial score (nSPS) is 33.7.